The van der Waals surface area contributed by atoms with E-state index in [-0.39, 0.29) is 10.5 Å². The standard InChI is InChI=1S/C22H29N5O4S/c1-26-11-13-27(14-12-26)16-19-6-4-3-5-18(19)15-23-22(29)25-24-21(28)17-7-9-20(10-8-17)32(2,30)31/h3-10H,11-16H2,1-2H3,(H,24,28)(H2,23,25,29). The van der Waals surface area contributed by atoms with Crippen LogP contribution in [0.3, 0.4) is 0 Å². The van der Waals surface area contributed by atoms with Crippen LogP contribution in [0.1, 0.15) is 21.5 Å². The Morgan fingerprint density at radius 3 is 2.16 bits per heavy atom. The molecule has 1 aliphatic heterocycles. The van der Waals surface area contributed by atoms with E-state index in [9.17, 15) is 18.0 Å². The zero-order chi connectivity index (χ0) is 23.1. The number of amides is 3. The number of carbonyl (C=O) groups excluding carboxylic acids is 2. The van der Waals surface area contributed by atoms with E-state index >= 15 is 0 Å². The van der Waals surface area contributed by atoms with Gasteiger partial charge in [-0.25, -0.2) is 18.6 Å². The summed E-state index contributed by atoms with van der Waals surface area (Å²) in [5.41, 5.74) is 7.04. The Morgan fingerprint density at radius 2 is 1.53 bits per heavy atom. The first-order valence-corrected chi connectivity index (χ1v) is 12.2. The minimum absolute atomic E-state index is 0.120. The van der Waals surface area contributed by atoms with Gasteiger partial charge in [0.25, 0.3) is 5.91 Å². The molecule has 3 amide bonds. The van der Waals surface area contributed by atoms with Crippen molar-refractivity contribution in [2.45, 2.75) is 18.0 Å². The zero-order valence-corrected chi connectivity index (χ0v) is 19.1. The van der Waals surface area contributed by atoms with Crippen LogP contribution in [0.2, 0.25) is 0 Å². The summed E-state index contributed by atoms with van der Waals surface area (Å²) in [5.74, 6) is -0.546. The molecule has 3 N–H and O–H groups in total. The number of rotatable bonds is 6. The largest absolute Gasteiger partial charge is 0.333 e. The molecular formula is C22H29N5O4S. The van der Waals surface area contributed by atoms with Gasteiger partial charge in [0.05, 0.1) is 4.90 Å². The molecule has 1 heterocycles. The predicted molar refractivity (Wildman–Crippen MR) is 122 cm³/mol. The number of sulfone groups is 1. The second-order valence-electron chi connectivity index (χ2n) is 7.91. The number of benzene rings is 2. The fourth-order valence-electron chi connectivity index (χ4n) is 3.39. The normalized spacial score (nSPS) is 15.2. The molecule has 0 spiro atoms. The molecule has 0 saturated carbocycles. The summed E-state index contributed by atoms with van der Waals surface area (Å²) in [6.45, 7) is 5.26. The zero-order valence-electron chi connectivity index (χ0n) is 18.3. The van der Waals surface area contributed by atoms with Crippen LogP contribution < -0.4 is 16.2 Å². The number of likely N-dealkylation sites (N-methyl/N-ethyl adjacent to an activating group) is 1. The van der Waals surface area contributed by atoms with Crippen molar-refractivity contribution < 1.29 is 18.0 Å². The van der Waals surface area contributed by atoms with Crippen molar-refractivity contribution >= 4 is 21.8 Å². The van der Waals surface area contributed by atoms with Crippen molar-refractivity contribution in [1.29, 1.82) is 0 Å². The van der Waals surface area contributed by atoms with Crippen LogP contribution in [0, 0.1) is 0 Å². The molecule has 0 unspecified atom stereocenters. The topological polar surface area (TPSA) is 111 Å². The monoisotopic (exact) mass is 459 g/mol. The maximum atomic E-state index is 12.2. The molecule has 1 fully saturated rings. The third-order valence-electron chi connectivity index (χ3n) is 5.38. The first-order valence-electron chi connectivity index (χ1n) is 10.3. The van der Waals surface area contributed by atoms with Crippen LogP contribution in [-0.4, -0.2) is 69.6 Å². The van der Waals surface area contributed by atoms with Crippen LogP contribution in [0.15, 0.2) is 53.4 Å². The van der Waals surface area contributed by atoms with E-state index in [4.69, 9.17) is 0 Å². The number of hydrogen-bond donors (Lipinski definition) is 3. The number of piperazine rings is 1. The van der Waals surface area contributed by atoms with Gasteiger partial charge in [0, 0.05) is 51.1 Å². The van der Waals surface area contributed by atoms with Crippen LogP contribution in [0.25, 0.3) is 0 Å². The van der Waals surface area contributed by atoms with Gasteiger partial charge in [-0.15, -0.1) is 0 Å². The third-order valence-corrected chi connectivity index (χ3v) is 6.51. The average Bonchev–Trinajstić information content (AvgIpc) is 2.78. The van der Waals surface area contributed by atoms with Crippen LogP contribution in [0.5, 0.6) is 0 Å². The Labute approximate surface area is 188 Å². The second-order valence-corrected chi connectivity index (χ2v) is 9.92. The quantitative estimate of drug-likeness (QED) is 0.556. The number of urea groups is 1. The van der Waals surface area contributed by atoms with Crippen LogP contribution in [0.4, 0.5) is 4.79 Å². The molecule has 3 rings (SSSR count). The van der Waals surface area contributed by atoms with E-state index in [1.165, 1.54) is 24.3 Å². The SMILES string of the molecule is CN1CCN(Cc2ccccc2CNC(=O)NNC(=O)c2ccc(S(C)(=O)=O)cc2)CC1. The Morgan fingerprint density at radius 1 is 0.906 bits per heavy atom. The summed E-state index contributed by atoms with van der Waals surface area (Å²) in [6.07, 6.45) is 1.09. The Kier molecular flexibility index (Phi) is 7.84. The molecule has 0 aliphatic carbocycles. The molecule has 32 heavy (non-hydrogen) atoms. The molecule has 172 valence electrons. The maximum Gasteiger partial charge on any atom is 0.333 e. The first-order chi connectivity index (χ1) is 15.2. The van der Waals surface area contributed by atoms with Gasteiger partial charge in [0.15, 0.2) is 9.84 Å². The fraction of sp³-hybridized carbons (Fsp3) is 0.364. The number of hydrogen-bond acceptors (Lipinski definition) is 6. The van der Waals surface area contributed by atoms with Crippen molar-refractivity contribution in [2.24, 2.45) is 0 Å². The molecule has 0 atom stereocenters. The lowest BCUT2D eigenvalue weighted by Crippen LogP contribution is -2.46. The van der Waals surface area contributed by atoms with Crippen molar-refractivity contribution in [3.63, 3.8) is 0 Å². The minimum atomic E-state index is -3.34. The molecule has 2 aromatic carbocycles. The van der Waals surface area contributed by atoms with Gasteiger partial charge >= 0.3 is 6.03 Å². The third kappa shape index (κ3) is 6.78. The van der Waals surface area contributed by atoms with Gasteiger partial charge in [0.2, 0.25) is 0 Å². The van der Waals surface area contributed by atoms with E-state index in [0.29, 0.717) is 6.54 Å². The summed E-state index contributed by atoms with van der Waals surface area (Å²) in [4.78, 5) is 29.1. The lowest BCUT2D eigenvalue weighted by molar-refractivity contribution is 0.0936. The summed E-state index contributed by atoms with van der Waals surface area (Å²) < 4.78 is 23.0. The second kappa shape index (κ2) is 10.6. The fourth-order valence-corrected chi connectivity index (χ4v) is 4.02. The molecule has 1 aliphatic rings. The Balaban J connectivity index is 1.48. The lowest BCUT2D eigenvalue weighted by Gasteiger charge is -2.32. The highest BCUT2D eigenvalue weighted by Crippen LogP contribution is 2.13. The lowest BCUT2D eigenvalue weighted by atomic mass is 10.1. The van der Waals surface area contributed by atoms with E-state index in [0.717, 1.165) is 50.1 Å². The Bertz CT molecular complexity index is 1050. The van der Waals surface area contributed by atoms with Crippen LogP contribution in [-0.2, 0) is 22.9 Å². The molecule has 0 bridgehead atoms. The average molecular weight is 460 g/mol. The van der Waals surface area contributed by atoms with Gasteiger partial charge in [-0.05, 0) is 42.4 Å². The van der Waals surface area contributed by atoms with Gasteiger partial charge in [0.1, 0.15) is 0 Å². The Hall–Kier alpha value is -2.95. The van der Waals surface area contributed by atoms with Crippen LogP contribution >= 0.6 is 0 Å². The number of hydrazine groups is 1. The molecule has 0 aromatic heterocycles. The summed E-state index contributed by atoms with van der Waals surface area (Å²) >= 11 is 0. The maximum absolute atomic E-state index is 12.2. The van der Waals surface area contributed by atoms with Crippen molar-refractivity contribution in [3.05, 3.63) is 65.2 Å². The van der Waals surface area contributed by atoms with Gasteiger partial charge in [-0.2, -0.15) is 0 Å². The van der Waals surface area contributed by atoms with Crippen molar-refractivity contribution in [1.82, 2.24) is 26.0 Å². The number of nitrogens with zero attached hydrogens (tertiary/aromatic N) is 2. The molecule has 0 radical (unpaired) electrons. The highest BCUT2D eigenvalue weighted by atomic mass is 32.2. The van der Waals surface area contributed by atoms with E-state index in [1.807, 2.05) is 18.2 Å². The smallest absolute Gasteiger partial charge is 0.333 e. The van der Waals surface area contributed by atoms with Gasteiger partial charge in [-0.1, -0.05) is 24.3 Å². The number of nitrogens with one attached hydrogen (secondary N) is 3. The van der Waals surface area contributed by atoms with Crippen molar-refractivity contribution in [2.75, 3.05) is 39.5 Å². The summed E-state index contributed by atoms with van der Waals surface area (Å²) in [7, 11) is -1.21. The van der Waals surface area contributed by atoms with Crippen molar-refractivity contribution in [3.8, 4) is 0 Å². The molecule has 10 heteroatoms. The van der Waals surface area contributed by atoms with E-state index < -0.39 is 21.8 Å². The highest BCUT2D eigenvalue weighted by molar-refractivity contribution is 7.90. The molecule has 1 saturated heterocycles. The van der Waals surface area contributed by atoms with E-state index in [2.05, 4.69) is 39.1 Å². The predicted octanol–water partition coefficient (Wildman–Crippen LogP) is 0.982. The van der Waals surface area contributed by atoms with E-state index in [1.54, 1.807) is 0 Å². The molecular weight excluding hydrogens is 430 g/mol. The minimum Gasteiger partial charge on any atom is -0.333 e. The van der Waals surface area contributed by atoms with Gasteiger partial charge < -0.3 is 10.2 Å². The van der Waals surface area contributed by atoms with Gasteiger partial charge in [-0.3, -0.25) is 15.1 Å². The summed E-state index contributed by atoms with van der Waals surface area (Å²) in [5, 5.41) is 2.75. The number of carbonyl (C=O) groups is 2. The summed E-state index contributed by atoms with van der Waals surface area (Å²) in [6, 6.07) is 12.9. The first kappa shape index (κ1) is 23.7. The highest BCUT2D eigenvalue weighted by Gasteiger charge is 2.15. The molecule has 9 nitrogen and oxygen atoms in total. The molecule has 2 aromatic rings.